The molecule has 1 N–H and O–H groups in total. The van der Waals surface area contributed by atoms with Gasteiger partial charge in [0.25, 0.3) is 0 Å². The minimum Gasteiger partial charge on any atom is -0.303 e. The Kier molecular flexibility index (Phi) is 2.90. The van der Waals surface area contributed by atoms with Gasteiger partial charge in [-0.15, -0.1) is 0 Å². The van der Waals surface area contributed by atoms with E-state index >= 15 is 0 Å². The van der Waals surface area contributed by atoms with E-state index in [0.29, 0.717) is 11.4 Å². The van der Waals surface area contributed by atoms with Crippen LogP contribution in [-0.4, -0.2) is 16.9 Å². The molecule has 0 radical (unpaired) electrons. The molecule has 1 rings (SSSR count). The molecule has 0 aliphatic heterocycles. The molecule has 1 aromatic heterocycles. The lowest BCUT2D eigenvalue weighted by atomic mass is 10.1. The van der Waals surface area contributed by atoms with Crippen LogP contribution >= 0.6 is 0 Å². The van der Waals surface area contributed by atoms with E-state index in [0.717, 1.165) is 11.3 Å². The quantitative estimate of drug-likeness (QED) is 0.690. The lowest BCUT2D eigenvalue weighted by molar-refractivity contribution is 1.22. The first-order valence-corrected chi connectivity index (χ1v) is 4.16. The van der Waals surface area contributed by atoms with Gasteiger partial charge in [-0.05, 0) is 32.4 Å². The topological polar surface area (TPSA) is 49.1 Å². The molecule has 1 aromatic rings. The molecule has 3 heteroatoms. The van der Waals surface area contributed by atoms with Crippen LogP contribution in [0, 0.1) is 12.3 Å². The summed E-state index contributed by atoms with van der Waals surface area (Å²) < 4.78 is 0. The Balaban J connectivity index is 3.33. The number of hydrogen-bond donors (Lipinski definition) is 1. The van der Waals surface area contributed by atoms with E-state index in [4.69, 9.17) is 5.41 Å². The van der Waals surface area contributed by atoms with Crippen LogP contribution in [0.4, 0.5) is 5.69 Å². The van der Waals surface area contributed by atoms with E-state index in [1.807, 2.05) is 19.9 Å². The highest BCUT2D eigenvalue weighted by atomic mass is 14.8. The minimum atomic E-state index is 0.448. The summed E-state index contributed by atoms with van der Waals surface area (Å²) in [5.74, 6) is 0. The second-order valence-electron chi connectivity index (χ2n) is 2.84. The number of hydrogen-bond acceptors (Lipinski definition) is 3. The van der Waals surface area contributed by atoms with Crippen LogP contribution < -0.4 is 0 Å². The van der Waals surface area contributed by atoms with Gasteiger partial charge in [0.2, 0.25) is 0 Å². The van der Waals surface area contributed by atoms with Gasteiger partial charge in [-0.1, -0.05) is 0 Å². The summed E-state index contributed by atoms with van der Waals surface area (Å²) in [5.41, 5.74) is 2.97. The fraction of sp³-hybridized carbons (Fsp3) is 0.300. The maximum absolute atomic E-state index is 7.51. The summed E-state index contributed by atoms with van der Waals surface area (Å²) in [5, 5.41) is 7.51. The van der Waals surface area contributed by atoms with Crippen molar-refractivity contribution in [1.82, 2.24) is 4.98 Å². The molecule has 0 saturated heterocycles. The summed E-state index contributed by atoms with van der Waals surface area (Å²) >= 11 is 0. The zero-order chi connectivity index (χ0) is 9.84. The van der Waals surface area contributed by atoms with Crippen molar-refractivity contribution in [2.24, 2.45) is 4.99 Å². The molecule has 0 bridgehead atoms. The SMILES string of the molecule is CC=Nc1c(C)ccnc1C(C)=N. The van der Waals surface area contributed by atoms with Crippen LogP contribution in [0.1, 0.15) is 25.1 Å². The maximum atomic E-state index is 7.51. The van der Waals surface area contributed by atoms with Crippen molar-refractivity contribution < 1.29 is 0 Å². The van der Waals surface area contributed by atoms with E-state index in [9.17, 15) is 0 Å². The van der Waals surface area contributed by atoms with E-state index in [-0.39, 0.29) is 0 Å². The van der Waals surface area contributed by atoms with Crippen LogP contribution in [0.15, 0.2) is 17.3 Å². The van der Waals surface area contributed by atoms with Gasteiger partial charge >= 0.3 is 0 Å². The minimum absolute atomic E-state index is 0.448. The van der Waals surface area contributed by atoms with Gasteiger partial charge in [0.1, 0.15) is 5.69 Å². The van der Waals surface area contributed by atoms with Gasteiger partial charge in [-0.25, -0.2) is 0 Å². The third-order valence-electron chi connectivity index (χ3n) is 1.74. The average molecular weight is 175 g/mol. The van der Waals surface area contributed by atoms with Crippen molar-refractivity contribution in [3.8, 4) is 0 Å². The number of pyridine rings is 1. The second kappa shape index (κ2) is 3.94. The van der Waals surface area contributed by atoms with Crippen molar-refractivity contribution >= 4 is 17.6 Å². The fourth-order valence-corrected chi connectivity index (χ4v) is 1.12. The predicted octanol–water partition coefficient (Wildman–Crippen LogP) is 2.50. The monoisotopic (exact) mass is 175 g/mol. The molecule has 3 nitrogen and oxygen atoms in total. The van der Waals surface area contributed by atoms with Crippen LogP contribution in [0.3, 0.4) is 0 Å². The lowest BCUT2D eigenvalue weighted by Gasteiger charge is -2.04. The summed E-state index contributed by atoms with van der Waals surface area (Å²) in [6, 6.07) is 1.90. The molecule has 13 heavy (non-hydrogen) atoms. The van der Waals surface area contributed by atoms with Gasteiger partial charge in [0, 0.05) is 12.4 Å². The second-order valence-corrected chi connectivity index (χ2v) is 2.84. The van der Waals surface area contributed by atoms with E-state index < -0.39 is 0 Å². The molecular weight excluding hydrogens is 162 g/mol. The molecule has 68 valence electrons. The molecule has 0 aromatic carbocycles. The highest BCUT2D eigenvalue weighted by molar-refractivity contribution is 5.99. The molecule has 0 atom stereocenters. The zero-order valence-electron chi connectivity index (χ0n) is 8.13. The number of nitrogens with one attached hydrogen (secondary N) is 1. The summed E-state index contributed by atoms with van der Waals surface area (Å²) in [6.07, 6.45) is 3.42. The van der Waals surface area contributed by atoms with Crippen LogP contribution in [-0.2, 0) is 0 Å². The normalized spacial score (nSPS) is 10.7. The average Bonchev–Trinajstić information content (AvgIpc) is 2.08. The van der Waals surface area contributed by atoms with E-state index in [2.05, 4.69) is 9.98 Å². The third-order valence-corrected chi connectivity index (χ3v) is 1.74. The number of rotatable bonds is 2. The van der Waals surface area contributed by atoms with Gasteiger partial charge in [0.05, 0.1) is 11.4 Å². The van der Waals surface area contributed by atoms with Crippen LogP contribution in [0.2, 0.25) is 0 Å². The van der Waals surface area contributed by atoms with Crippen LogP contribution in [0.5, 0.6) is 0 Å². The Morgan fingerprint density at radius 3 is 2.85 bits per heavy atom. The van der Waals surface area contributed by atoms with Crippen molar-refractivity contribution in [2.75, 3.05) is 0 Å². The Hall–Kier alpha value is -1.51. The first-order valence-electron chi connectivity index (χ1n) is 4.16. The van der Waals surface area contributed by atoms with Crippen molar-refractivity contribution in [2.45, 2.75) is 20.8 Å². The van der Waals surface area contributed by atoms with Gasteiger partial charge in [-0.3, -0.25) is 9.98 Å². The Labute approximate surface area is 78.1 Å². The number of aryl methyl sites for hydroxylation is 1. The number of aliphatic imine (C=N–C) groups is 1. The summed E-state index contributed by atoms with van der Waals surface area (Å²) in [7, 11) is 0. The van der Waals surface area contributed by atoms with Gasteiger partial charge in [0.15, 0.2) is 0 Å². The van der Waals surface area contributed by atoms with E-state index in [1.165, 1.54) is 0 Å². The predicted molar refractivity (Wildman–Crippen MR) is 55.3 cm³/mol. The first-order chi connectivity index (χ1) is 6.16. The Bertz CT molecular complexity index is 353. The molecule has 0 amide bonds. The highest BCUT2D eigenvalue weighted by Crippen LogP contribution is 2.21. The molecule has 0 aliphatic carbocycles. The maximum Gasteiger partial charge on any atom is 0.109 e. The molecule has 0 aliphatic rings. The van der Waals surface area contributed by atoms with E-state index in [1.54, 1.807) is 19.3 Å². The number of aromatic nitrogens is 1. The largest absolute Gasteiger partial charge is 0.303 e. The standard InChI is InChI=1S/C10H13N3/c1-4-12-9-7(2)5-6-13-10(9)8(3)11/h4-6,11H,1-3H3. The molecule has 1 heterocycles. The third kappa shape index (κ3) is 1.99. The molecule has 0 saturated carbocycles. The van der Waals surface area contributed by atoms with Crippen molar-refractivity contribution in [1.29, 1.82) is 5.41 Å². The summed E-state index contributed by atoms with van der Waals surface area (Å²) in [4.78, 5) is 8.32. The zero-order valence-corrected chi connectivity index (χ0v) is 8.13. The molecule has 0 unspecified atom stereocenters. The van der Waals surface area contributed by atoms with Crippen molar-refractivity contribution in [3.63, 3.8) is 0 Å². The van der Waals surface area contributed by atoms with Gasteiger partial charge in [-0.2, -0.15) is 0 Å². The fourth-order valence-electron chi connectivity index (χ4n) is 1.12. The molecule has 0 spiro atoms. The lowest BCUT2D eigenvalue weighted by Crippen LogP contribution is -1.98. The highest BCUT2D eigenvalue weighted by Gasteiger charge is 2.06. The van der Waals surface area contributed by atoms with Crippen molar-refractivity contribution in [3.05, 3.63) is 23.5 Å². The Morgan fingerprint density at radius 1 is 1.62 bits per heavy atom. The molecule has 0 fully saturated rings. The van der Waals surface area contributed by atoms with Crippen LogP contribution in [0.25, 0.3) is 0 Å². The van der Waals surface area contributed by atoms with Gasteiger partial charge < -0.3 is 5.41 Å². The molecular formula is C10H13N3. The summed E-state index contributed by atoms with van der Waals surface area (Å²) in [6.45, 7) is 5.54. The Morgan fingerprint density at radius 2 is 2.31 bits per heavy atom. The smallest absolute Gasteiger partial charge is 0.109 e. The number of nitrogens with zero attached hydrogens (tertiary/aromatic N) is 2. The first kappa shape index (κ1) is 9.58.